The second kappa shape index (κ2) is 5.11. The average molecular weight is 275 g/mol. The first-order valence-corrected chi connectivity index (χ1v) is 8.16. The highest BCUT2D eigenvalue weighted by Crippen LogP contribution is 2.39. The molecular formula is C15H25N5. The lowest BCUT2D eigenvalue weighted by Gasteiger charge is -2.37. The van der Waals surface area contributed by atoms with Gasteiger partial charge in [0.15, 0.2) is 0 Å². The summed E-state index contributed by atoms with van der Waals surface area (Å²) >= 11 is 0. The van der Waals surface area contributed by atoms with Crippen LogP contribution in [0.25, 0.3) is 0 Å². The zero-order chi connectivity index (χ0) is 13.4. The van der Waals surface area contributed by atoms with Crippen molar-refractivity contribution in [3.63, 3.8) is 0 Å². The molecule has 1 aromatic rings. The van der Waals surface area contributed by atoms with E-state index in [9.17, 15) is 0 Å². The van der Waals surface area contributed by atoms with Crippen molar-refractivity contribution in [2.24, 2.45) is 5.41 Å². The number of nitrogens with one attached hydrogen (secondary N) is 1. The van der Waals surface area contributed by atoms with E-state index in [0.29, 0.717) is 5.41 Å². The molecule has 2 aliphatic carbocycles. The lowest BCUT2D eigenvalue weighted by molar-refractivity contribution is 0.121. The highest BCUT2D eigenvalue weighted by atomic mass is 15.3. The van der Waals surface area contributed by atoms with Gasteiger partial charge in [0.25, 0.3) is 0 Å². The van der Waals surface area contributed by atoms with Crippen LogP contribution in [0.4, 0.5) is 0 Å². The maximum atomic E-state index is 4.24. The Hall–Kier alpha value is -0.940. The molecule has 5 nitrogen and oxygen atoms in total. The van der Waals surface area contributed by atoms with Gasteiger partial charge in [0.2, 0.25) is 0 Å². The topological polar surface area (TPSA) is 46.0 Å². The molecule has 0 atom stereocenters. The molecule has 4 rings (SSSR count). The molecule has 0 spiro atoms. The van der Waals surface area contributed by atoms with Gasteiger partial charge in [-0.15, -0.1) is 10.2 Å². The molecule has 0 radical (unpaired) electrons. The van der Waals surface area contributed by atoms with Crippen LogP contribution in [0.15, 0.2) is 6.33 Å². The van der Waals surface area contributed by atoms with E-state index < -0.39 is 0 Å². The minimum atomic E-state index is 0.519. The van der Waals surface area contributed by atoms with Crippen LogP contribution in [-0.2, 0) is 13.1 Å². The van der Waals surface area contributed by atoms with Gasteiger partial charge >= 0.3 is 0 Å². The standard InChI is InChI=1S/C15H25N5/c1-2-6-15(5-1,10-16-13-3-4-13)11-19-7-8-20-12-17-18-14(20)9-19/h12-13,16H,1-11H2. The molecule has 20 heavy (non-hydrogen) atoms. The maximum absolute atomic E-state index is 4.24. The minimum Gasteiger partial charge on any atom is -0.315 e. The number of nitrogens with zero attached hydrogens (tertiary/aromatic N) is 4. The van der Waals surface area contributed by atoms with E-state index in [4.69, 9.17) is 0 Å². The van der Waals surface area contributed by atoms with Crippen molar-refractivity contribution in [3.8, 4) is 0 Å². The molecule has 1 aliphatic heterocycles. The van der Waals surface area contributed by atoms with Gasteiger partial charge in [-0.1, -0.05) is 12.8 Å². The van der Waals surface area contributed by atoms with Gasteiger partial charge in [-0.05, 0) is 31.1 Å². The van der Waals surface area contributed by atoms with Gasteiger partial charge in [-0.3, -0.25) is 4.90 Å². The SMILES string of the molecule is c1nnc2n1CCN(CC1(CNC3CC3)CCCC1)C2. The molecule has 0 aromatic carbocycles. The van der Waals surface area contributed by atoms with E-state index in [2.05, 4.69) is 25.0 Å². The van der Waals surface area contributed by atoms with Crippen molar-refractivity contribution < 1.29 is 0 Å². The predicted molar refractivity (Wildman–Crippen MR) is 77.2 cm³/mol. The highest BCUT2D eigenvalue weighted by Gasteiger charge is 2.37. The Balaban J connectivity index is 1.40. The van der Waals surface area contributed by atoms with E-state index >= 15 is 0 Å². The Morgan fingerprint density at radius 2 is 2.10 bits per heavy atom. The molecule has 5 heteroatoms. The van der Waals surface area contributed by atoms with E-state index in [1.165, 1.54) is 51.6 Å². The van der Waals surface area contributed by atoms with Crippen molar-refractivity contribution in [1.29, 1.82) is 0 Å². The second-order valence-corrected chi connectivity index (χ2v) is 7.01. The summed E-state index contributed by atoms with van der Waals surface area (Å²) in [6.07, 6.45) is 10.3. The van der Waals surface area contributed by atoms with Crippen molar-refractivity contribution in [3.05, 3.63) is 12.2 Å². The zero-order valence-electron chi connectivity index (χ0n) is 12.2. The molecule has 0 saturated heterocycles. The lowest BCUT2D eigenvalue weighted by Crippen LogP contribution is -2.45. The van der Waals surface area contributed by atoms with E-state index in [0.717, 1.165) is 31.5 Å². The van der Waals surface area contributed by atoms with Gasteiger partial charge in [-0.2, -0.15) is 0 Å². The Morgan fingerprint density at radius 1 is 1.25 bits per heavy atom. The lowest BCUT2D eigenvalue weighted by atomic mass is 9.85. The molecule has 0 unspecified atom stereocenters. The number of hydrogen-bond donors (Lipinski definition) is 1. The third-order valence-corrected chi connectivity index (χ3v) is 5.28. The maximum Gasteiger partial charge on any atom is 0.147 e. The van der Waals surface area contributed by atoms with Crippen LogP contribution in [0.5, 0.6) is 0 Å². The van der Waals surface area contributed by atoms with Crippen LogP contribution < -0.4 is 5.32 Å². The van der Waals surface area contributed by atoms with Gasteiger partial charge < -0.3 is 9.88 Å². The molecule has 2 saturated carbocycles. The molecular weight excluding hydrogens is 250 g/mol. The Bertz CT molecular complexity index is 459. The van der Waals surface area contributed by atoms with Crippen LogP contribution in [0.1, 0.15) is 44.3 Å². The van der Waals surface area contributed by atoms with Crippen molar-refractivity contribution >= 4 is 0 Å². The fourth-order valence-corrected chi connectivity index (χ4v) is 3.89. The quantitative estimate of drug-likeness (QED) is 0.882. The monoisotopic (exact) mass is 275 g/mol. The summed E-state index contributed by atoms with van der Waals surface area (Å²) in [7, 11) is 0. The zero-order valence-corrected chi connectivity index (χ0v) is 12.2. The summed E-state index contributed by atoms with van der Waals surface area (Å²) in [6.45, 7) is 5.64. The summed E-state index contributed by atoms with van der Waals surface area (Å²) in [5.41, 5.74) is 0.519. The van der Waals surface area contributed by atoms with Crippen LogP contribution >= 0.6 is 0 Å². The largest absolute Gasteiger partial charge is 0.315 e. The predicted octanol–water partition coefficient (Wildman–Crippen LogP) is 1.41. The molecule has 3 aliphatic rings. The van der Waals surface area contributed by atoms with Crippen LogP contribution in [0.2, 0.25) is 0 Å². The summed E-state index contributed by atoms with van der Waals surface area (Å²) in [6, 6.07) is 0.830. The number of hydrogen-bond acceptors (Lipinski definition) is 4. The van der Waals surface area contributed by atoms with E-state index in [1.54, 1.807) is 0 Å². The summed E-state index contributed by atoms with van der Waals surface area (Å²) in [5, 5.41) is 12.1. The minimum absolute atomic E-state index is 0.519. The fraction of sp³-hybridized carbons (Fsp3) is 0.867. The van der Waals surface area contributed by atoms with Crippen LogP contribution in [0, 0.1) is 5.41 Å². The first-order chi connectivity index (χ1) is 9.83. The first kappa shape index (κ1) is 12.8. The number of aromatic nitrogens is 3. The second-order valence-electron chi connectivity index (χ2n) is 7.01. The summed E-state index contributed by atoms with van der Waals surface area (Å²) in [4.78, 5) is 2.60. The van der Waals surface area contributed by atoms with Crippen molar-refractivity contribution in [2.45, 2.75) is 57.7 Å². The van der Waals surface area contributed by atoms with Crippen molar-refractivity contribution in [2.75, 3.05) is 19.6 Å². The third kappa shape index (κ3) is 2.61. The van der Waals surface area contributed by atoms with Gasteiger partial charge in [0, 0.05) is 32.2 Å². The first-order valence-electron chi connectivity index (χ1n) is 8.16. The van der Waals surface area contributed by atoms with Crippen molar-refractivity contribution in [1.82, 2.24) is 25.0 Å². The Labute approximate surface area is 120 Å². The number of rotatable bonds is 5. The van der Waals surface area contributed by atoms with Crippen LogP contribution in [-0.4, -0.2) is 45.3 Å². The number of fused-ring (bicyclic) bond motifs is 1. The molecule has 110 valence electrons. The fourth-order valence-electron chi connectivity index (χ4n) is 3.89. The normalized spacial score (nSPS) is 25.8. The van der Waals surface area contributed by atoms with Gasteiger partial charge in [0.05, 0.1) is 6.54 Å². The average Bonchev–Trinajstić information content (AvgIpc) is 2.98. The third-order valence-electron chi connectivity index (χ3n) is 5.28. The summed E-state index contributed by atoms with van der Waals surface area (Å²) < 4.78 is 2.19. The summed E-state index contributed by atoms with van der Waals surface area (Å²) in [5.74, 6) is 1.14. The van der Waals surface area contributed by atoms with E-state index in [1.807, 2.05) is 6.33 Å². The van der Waals surface area contributed by atoms with Gasteiger partial charge in [-0.25, -0.2) is 0 Å². The highest BCUT2D eigenvalue weighted by molar-refractivity contribution is 4.96. The molecule has 1 N–H and O–H groups in total. The molecule has 2 heterocycles. The van der Waals surface area contributed by atoms with E-state index in [-0.39, 0.29) is 0 Å². The Kier molecular flexibility index (Phi) is 3.27. The Morgan fingerprint density at radius 3 is 2.90 bits per heavy atom. The molecule has 1 aromatic heterocycles. The van der Waals surface area contributed by atoms with Crippen LogP contribution in [0.3, 0.4) is 0 Å². The molecule has 2 fully saturated rings. The van der Waals surface area contributed by atoms with Gasteiger partial charge in [0.1, 0.15) is 12.2 Å². The molecule has 0 bridgehead atoms. The smallest absolute Gasteiger partial charge is 0.147 e. The molecule has 0 amide bonds.